The van der Waals surface area contributed by atoms with E-state index in [2.05, 4.69) is 46.8 Å². The topological polar surface area (TPSA) is 73.9 Å². The van der Waals surface area contributed by atoms with E-state index in [1.807, 2.05) is 31.2 Å². The van der Waals surface area contributed by atoms with Crippen LogP contribution >= 0.6 is 27.3 Å². The average Bonchev–Trinajstić information content (AvgIpc) is 3.04. The largest absolute Gasteiger partial charge is 0.494 e. The van der Waals surface area contributed by atoms with E-state index in [4.69, 9.17) is 14.3 Å². The summed E-state index contributed by atoms with van der Waals surface area (Å²) >= 11 is 4.87. The molecule has 0 saturated carbocycles. The third kappa shape index (κ3) is 9.32. The predicted octanol–water partition coefficient (Wildman–Crippen LogP) is 5.86. The van der Waals surface area contributed by atoms with Crippen molar-refractivity contribution in [3.8, 4) is 16.2 Å². The van der Waals surface area contributed by atoms with Gasteiger partial charge in [-0.1, -0.05) is 32.9 Å². The summed E-state index contributed by atoms with van der Waals surface area (Å²) in [5.41, 5.74) is 2.05. The zero-order valence-corrected chi connectivity index (χ0v) is 20.4. The van der Waals surface area contributed by atoms with Crippen molar-refractivity contribution in [3.05, 3.63) is 33.6 Å². The predicted molar refractivity (Wildman–Crippen MR) is 123 cm³/mol. The Morgan fingerprint density at radius 1 is 1.24 bits per heavy atom. The maximum atomic E-state index is 11.8. The van der Waals surface area contributed by atoms with Gasteiger partial charge in [0.15, 0.2) is 10.6 Å². The van der Waals surface area contributed by atoms with Crippen LogP contribution in [-0.2, 0) is 14.3 Å². The van der Waals surface area contributed by atoms with Crippen LogP contribution in [-0.4, -0.2) is 40.3 Å². The second-order valence-electron chi connectivity index (χ2n) is 6.27. The van der Waals surface area contributed by atoms with Crippen molar-refractivity contribution in [2.75, 3.05) is 33.2 Å². The third-order valence-electron chi connectivity index (χ3n) is 2.99. The molecule has 1 aromatic carbocycles. The van der Waals surface area contributed by atoms with Crippen molar-refractivity contribution in [1.29, 1.82) is 0 Å². The summed E-state index contributed by atoms with van der Waals surface area (Å²) < 4.78 is 14.8. The molecule has 2 rings (SSSR count). The molecule has 1 N–H and O–H groups in total. The number of rotatable bonds is 6. The minimum absolute atomic E-state index is 0.375. The second kappa shape index (κ2) is 14.9. The Balaban J connectivity index is 0.000000837. The molecule has 0 bridgehead atoms. The highest BCUT2D eigenvalue weighted by Crippen LogP contribution is 2.46. The Morgan fingerprint density at radius 3 is 2.28 bits per heavy atom. The van der Waals surface area contributed by atoms with Crippen LogP contribution in [0.3, 0.4) is 0 Å². The smallest absolute Gasteiger partial charge is 0.351 e. The van der Waals surface area contributed by atoms with Crippen molar-refractivity contribution < 1.29 is 23.8 Å². The first kappa shape index (κ1) is 26.9. The van der Waals surface area contributed by atoms with Gasteiger partial charge in [0.25, 0.3) is 6.47 Å². The van der Waals surface area contributed by atoms with Crippen LogP contribution in [0.25, 0.3) is 10.4 Å². The average molecular weight is 488 g/mol. The van der Waals surface area contributed by atoms with Crippen LogP contribution in [0.5, 0.6) is 5.75 Å². The van der Waals surface area contributed by atoms with Crippen LogP contribution in [0.15, 0.2) is 28.7 Å². The molecule has 0 radical (unpaired) electrons. The Bertz CT molecular complexity index is 759. The van der Waals surface area contributed by atoms with Gasteiger partial charge in [-0.05, 0) is 46.5 Å². The van der Waals surface area contributed by atoms with Gasteiger partial charge in [0.1, 0.15) is 0 Å². The summed E-state index contributed by atoms with van der Waals surface area (Å²) in [5, 5.41) is 3.27. The monoisotopic (exact) mass is 487 g/mol. The molecule has 0 spiro atoms. The number of halogens is 1. The van der Waals surface area contributed by atoms with Gasteiger partial charge < -0.3 is 19.5 Å². The van der Waals surface area contributed by atoms with E-state index in [9.17, 15) is 4.79 Å². The molecule has 0 aliphatic heterocycles. The fourth-order valence-electron chi connectivity index (χ4n) is 1.97. The summed E-state index contributed by atoms with van der Waals surface area (Å²) in [6.45, 7) is 9.78. The van der Waals surface area contributed by atoms with Crippen molar-refractivity contribution >= 4 is 45.4 Å². The highest BCUT2D eigenvalue weighted by Gasteiger charge is 2.23. The molecule has 0 fully saturated rings. The maximum Gasteiger partial charge on any atom is 0.351 e. The lowest BCUT2D eigenvalue weighted by atomic mass is 10.1. The van der Waals surface area contributed by atoms with Crippen molar-refractivity contribution in [2.45, 2.75) is 27.7 Å². The molecule has 0 saturated heterocycles. The van der Waals surface area contributed by atoms with E-state index in [1.165, 1.54) is 32.7 Å². The molecule has 2 aromatic rings. The van der Waals surface area contributed by atoms with Gasteiger partial charge in [-0.2, -0.15) is 0 Å². The molecule has 6 nitrogen and oxygen atoms in total. The number of carbonyl (C=O) groups excluding carboxylic acids is 2. The SMILES string of the molecule is CC(C)C.CCNc1cccc(-c2sc(C(=O)OC)c(OC)c2Br)c1.COC=O. The van der Waals surface area contributed by atoms with E-state index >= 15 is 0 Å². The third-order valence-corrected chi connectivity index (χ3v) is 5.21. The number of hydrogen-bond acceptors (Lipinski definition) is 7. The van der Waals surface area contributed by atoms with E-state index in [0.29, 0.717) is 17.1 Å². The Labute approximate surface area is 185 Å². The maximum absolute atomic E-state index is 11.8. The van der Waals surface area contributed by atoms with Crippen LogP contribution < -0.4 is 10.1 Å². The minimum Gasteiger partial charge on any atom is -0.494 e. The van der Waals surface area contributed by atoms with Gasteiger partial charge in [-0.15, -0.1) is 11.3 Å². The first-order valence-electron chi connectivity index (χ1n) is 9.02. The number of esters is 1. The summed E-state index contributed by atoms with van der Waals surface area (Å²) in [4.78, 5) is 22.2. The zero-order valence-electron chi connectivity index (χ0n) is 18.0. The number of benzene rings is 1. The van der Waals surface area contributed by atoms with Gasteiger partial charge >= 0.3 is 5.97 Å². The quantitative estimate of drug-likeness (QED) is 0.406. The molecular formula is C21H30BrNO5S. The number of anilines is 1. The van der Waals surface area contributed by atoms with E-state index in [-0.39, 0.29) is 0 Å². The van der Waals surface area contributed by atoms with Crippen molar-refractivity contribution in [1.82, 2.24) is 0 Å². The Hall–Kier alpha value is -2.06. The lowest BCUT2D eigenvalue weighted by molar-refractivity contribution is -0.126. The highest BCUT2D eigenvalue weighted by atomic mass is 79.9. The van der Waals surface area contributed by atoms with Crippen molar-refractivity contribution in [3.63, 3.8) is 0 Å². The lowest BCUT2D eigenvalue weighted by Gasteiger charge is -2.05. The minimum atomic E-state index is -0.397. The molecule has 162 valence electrons. The first-order chi connectivity index (χ1) is 13.8. The van der Waals surface area contributed by atoms with Gasteiger partial charge in [-0.25, -0.2) is 4.79 Å². The molecule has 0 unspecified atom stereocenters. The molecule has 29 heavy (non-hydrogen) atoms. The number of hydrogen-bond donors (Lipinski definition) is 1. The molecule has 1 aromatic heterocycles. The molecule has 0 aliphatic carbocycles. The number of ether oxygens (including phenoxy) is 3. The summed E-state index contributed by atoms with van der Waals surface area (Å²) in [5.74, 6) is 0.947. The Morgan fingerprint density at radius 2 is 1.83 bits per heavy atom. The molecule has 0 atom stereocenters. The fraction of sp³-hybridized carbons (Fsp3) is 0.429. The van der Waals surface area contributed by atoms with Gasteiger partial charge in [0.2, 0.25) is 0 Å². The van der Waals surface area contributed by atoms with Crippen LogP contribution in [0.4, 0.5) is 5.69 Å². The van der Waals surface area contributed by atoms with Gasteiger partial charge in [0, 0.05) is 12.2 Å². The van der Waals surface area contributed by atoms with Gasteiger partial charge in [0.05, 0.1) is 30.7 Å². The summed E-state index contributed by atoms with van der Waals surface area (Å²) in [6, 6.07) is 8.02. The Kier molecular flexibility index (Phi) is 13.8. The van der Waals surface area contributed by atoms with E-state index in [0.717, 1.165) is 33.1 Å². The molecule has 0 aliphatic rings. The van der Waals surface area contributed by atoms with Crippen LogP contribution in [0.2, 0.25) is 0 Å². The summed E-state index contributed by atoms with van der Waals surface area (Å²) in [6.07, 6.45) is 0. The number of nitrogens with one attached hydrogen (secondary N) is 1. The fourth-order valence-corrected chi connectivity index (χ4v) is 4.00. The number of carbonyl (C=O) groups is 2. The van der Waals surface area contributed by atoms with Gasteiger partial charge in [-0.3, -0.25) is 4.79 Å². The normalized spacial score (nSPS) is 9.41. The molecule has 0 amide bonds. The standard InChI is InChI=1S/C15H16BrNO3S.C4H10.C2H4O2/c1-4-17-10-7-5-6-9(8-10)13-11(16)12(19-2)14(21-13)15(18)20-3;1-4(2)3;1-4-2-3/h5-8,17H,4H2,1-3H3;4H,1-3H3;2H,1H3. The summed E-state index contributed by atoms with van der Waals surface area (Å²) in [7, 11) is 4.21. The second-order valence-corrected chi connectivity index (χ2v) is 8.09. The zero-order chi connectivity index (χ0) is 22.4. The van der Waals surface area contributed by atoms with Crippen molar-refractivity contribution in [2.24, 2.45) is 5.92 Å². The first-order valence-corrected chi connectivity index (χ1v) is 10.6. The van der Waals surface area contributed by atoms with Crippen LogP contribution in [0.1, 0.15) is 37.4 Å². The molecule has 8 heteroatoms. The van der Waals surface area contributed by atoms with E-state index < -0.39 is 5.97 Å². The molecular weight excluding hydrogens is 458 g/mol. The van der Waals surface area contributed by atoms with E-state index in [1.54, 1.807) is 0 Å². The number of methoxy groups -OCH3 is 3. The lowest BCUT2D eigenvalue weighted by Crippen LogP contribution is -2.00. The van der Waals surface area contributed by atoms with Crippen LogP contribution in [0, 0.1) is 5.92 Å². The molecule has 1 heterocycles. The number of thiophene rings is 1. The highest BCUT2D eigenvalue weighted by molar-refractivity contribution is 9.10.